The molecule has 1 aromatic heterocycles. The highest BCUT2D eigenvalue weighted by atomic mass is 127. The summed E-state index contributed by atoms with van der Waals surface area (Å²) in [5.41, 5.74) is 2.82. The molecule has 0 saturated heterocycles. The summed E-state index contributed by atoms with van der Waals surface area (Å²) in [4.78, 5) is 4.33. The number of aliphatic imine (C=N–C) groups is 1. The number of hydrogen-bond acceptors (Lipinski definition) is 3. The van der Waals surface area contributed by atoms with Crippen LogP contribution < -0.4 is 10.6 Å². The van der Waals surface area contributed by atoms with Crippen molar-refractivity contribution < 1.29 is 0 Å². The highest BCUT2D eigenvalue weighted by molar-refractivity contribution is 14.0. The van der Waals surface area contributed by atoms with Crippen LogP contribution in [0.4, 0.5) is 0 Å². The van der Waals surface area contributed by atoms with Gasteiger partial charge in [-0.05, 0) is 24.5 Å². The Balaban J connectivity index is 0.00000225. The predicted molar refractivity (Wildman–Crippen MR) is 112 cm³/mol. The Morgan fingerprint density at radius 2 is 2.16 bits per heavy atom. The Morgan fingerprint density at radius 3 is 2.88 bits per heavy atom. The molecule has 1 aromatic carbocycles. The number of benzene rings is 1. The van der Waals surface area contributed by atoms with Gasteiger partial charge in [0.25, 0.3) is 0 Å². The van der Waals surface area contributed by atoms with E-state index in [1.54, 1.807) is 6.33 Å². The first-order valence-corrected chi connectivity index (χ1v) is 8.62. The third kappa shape index (κ3) is 4.93. The Hall–Kier alpha value is -1.64. The number of rotatable bonds is 6. The zero-order chi connectivity index (χ0) is 16.9. The van der Waals surface area contributed by atoms with Crippen molar-refractivity contribution in [1.82, 2.24) is 25.4 Å². The molecular weight excluding hydrogens is 427 g/mol. The first kappa shape index (κ1) is 19.7. The van der Waals surface area contributed by atoms with Gasteiger partial charge >= 0.3 is 0 Å². The molecule has 0 spiro atoms. The van der Waals surface area contributed by atoms with Crippen LogP contribution >= 0.6 is 24.0 Å². The van der Waals surface area contributed by atoms with Crippen molar-refractivity contribution in [3.63, 3.8) is 0 Å². The summed E-state index contributed by atoms with van der Waals surface area (Å²) in [5.74, 6) is 2.47. The average Bonchev–Trinajstić information content (AvgIpc) is 3.20. The van der Waals surface area contributed by atoms with Crippen molar-refractivity contribution in [2.24, 2.45) is 4.99 Å². The van der Waals surface area contributed by atoms with E-state index in [-0.39, 0.29) is 24.0 Å². The maximum atomic E-state index is 4.33. The van der Waals surface area contributed by atoms with E-state index >= 15 is 0 Å². The van der Waals surface area contributed by atoms with Crippen LogP contribution in [0, 0.1) is 6.92 Å². The van der Waals surface area contributed by atoms with Crippen molar-refractivity contribution in [3.8, 4) is 0 Å². The SMILES string of the molecule is CCc1nncn1CCNC(=NC)NC1CC1c1ccccc1C.I. The van der Waals surface area contributed by atoms with Gasteiger partial charge in [0, 0.05) is 38.5 Å². The Morgan fingerprint density at radius 1 is 1.36 bits per heavy atom. The van der Waals surface area contributed by atoms with Crippen LogP contribution in [0.2, 0.25) is 0 Å². The van der Waals surface area contributed by atoms with E-state index in [4.69, 9.17) is 0 Å². The minimum atomic E-state index is 0. The highest BCUT2D eigenvalue weighted by Crippen LogP contribution is 2.41. The molecule has 1 heterocycles. The van der Waals surface area contributed by atoms with Crippen molar-refractivity contribution in [3.05, 3.63) is 47.5 Å². The standard InChI is InChI=1S/C18H26N6.HI/c1-4-17-23-21-12-24(17)10-9-20-18(19-3)22-16-11-15(16)14-8-6-5-7-13(14)2;/h5-8,12,15-16H,4,9-11H2,1-3H3,(H2,19,20,22);1H. The van der Waals surface area contributed by atoms with Crippen LogP contribution in [-0.2, 0) is 13.0 Å². The van der Waals surface area contributed by atoms with E-state index in [0.29, 0.717) is 12.0 Å². The Bertz CT molecular complexity index is 711. The van der Waals surface area contributed by atoms with Crippen LogP contribution in [0.5, 0.6) is 0 Å². The molecular formula is C18H27IN6. The summed E-state index contributed by atoms with van der Waals surface area (Å²) in [6.45, 7) is 5.91. The molecule has 1 fully saturated rings. The van der Waals surface area contributed by atoms with Gasteiger partial charge in [-0.2, -0.15) is 0 Å². The molecule has 3 rings (SSSR count). The van der Waals surface area contributed by atoms with E-state index in [2.05, 4.69) is 68.5 Å². The van der Waals surface area contributed by atoms with Crippen molar-refractivity contribution in [2.45, 2.75) is 45.2 Å². The Labute approximate surface area is 166 Å². The summed E-state index contributed by atoms with van der Waals surface area (Å²) in [6, 6.07) is 9.10. The number of nitrogens with zero attached hydrogens (tertiary/aromatic N) is 4. The van der Waals surface area contributed by atoms with E-state index in [1.165, 1.54) is 11.1 Å². The molecule has 6 nitrogen and oxygen atoms in total. The van der Waals surface area contributed by atoms with Crippen molar-refractivity contribution in [1.29, 1.82) is 0 Å². The summed E-state index contributed by atoms with van der Waals surface area (Å²) < 4.78 is 2.08. The second kappa shape index (κ2) is 9.17. The largest absolute Gasteiger partial charge is 0.355 e. The van der Waals surface area contributed by atoms with Gasteiger partial charge in [0.15, 0.2) is 5.96 Å². The van der Waals surface area contributed by atoms with Crippen LogP contribution in [-0.4, -0.2) is 40.4 Å². The summed E-state index contributed by atoms with van der Waals surface area (Å²) in [7, 11) is 1.82. The lowest BCUT2D eigenvalue weighted by Gasteiger charge is -2.13. The second-order valence-electron chi connectivity index (χ2n) is 6.24. The molecule has 25 heavy (non-hydrogen) atoms. The number of hydrogen-bond donors (Lipinski definition) is 2. The molecule has 0 aliphatic heterocycles. The van der Waals surface area contributed by atoms with Crippen molar-refractivity contribution in [2.75, 3.05) is 13.6 Å². The van der Waals surface area contributed by atoms with Gasteiger partial charge in [0.1, 0.15) is 12.2 Å². The molecule has 2 atom stereocenters. The highest BCUT2D eigenvalue weighted by Gasteiger charge is 2.39. The van der Waals surface area contributed by atoms with Gasteiger partial charge in [-0.25, -0.2) is 0 Å². The molecule has 0 radical (unpaired) electrons. The number of aryl methyl sites for hydroxylation is 2. The molecule has 2 N–H and O–H groups in total. The molecule has 7 heteroatoms. The fourth-order valence-corrected chi connectivity index (χ4v) is 3.11. The van der Waals surface area contributed by atoms with E-state index < -0.39 is 0 Å². The smallest absolute Gasteiger partial charge is 0.191 e. The molecule has 0 amide bonds. The first-order chi connectivity index (χ1) is 11.7. The van der Waals surface area contributed by atoms with Crippen LogP contribution in [0.1, 0.15) is 36.2 Å². The molecule has 2 aromatic rings. The lowest BCUT2D eigenvalue weighted by atomic mass is 10.0. The third-order valence-corrected chi connectivity index (χ3v) is 4.58. The lowest BCUT2D eigenvalue weighted by Crippen LogP contribution is -2.40. The van der Waals surface area contributed by atoms with Gasteiger partial charge < -0.3 is 15.2 Å². The van der Waals surface area contributed by atoms with Crippen LogP contribution in [0.15, 0.2) is 35.6 Å². The molecule has 1 aliphatic rings. The number of halogens is 1. The summed E-state index contributed by atoms with van der Waals surface area (Å²) in [6.07, 6.45) is 3.84. The van der Waals surface area contributed by atoms with Crippen LogP contribution in [0.25, 0.3) is 0 Å². The second-order valence-corrected chi connectivity index (χ2v) is 6.24. The average molecular weight is 454 g/mol. The minimum absolute atomic E-state index is 0. The zero-order valence-electron chi connectivity index (χ0n) is 15.1. The van der Waals surface area contributed by atoms with Crippen LogP contribution in [0.3, 0.4) is 0 Å². The predicted octanol–water partition coefficient (Wildman–Crippen LogP) is 2.49. The monoisotopic (exact) mass is 454 g/mol. The summed E-state index contributed by atoms with van der Waals surface area (Å²) >= 11 is 0. The molecule has 2 unspecified atom stereocenters. The fraction of sp³-hybridized carbons (Fsp3) is 0.500. The summed E-state index contributed by atoms with van der Waals surface area (Å²) in [5, 5.41) is 15.0. The fourth-order valence-electron chi connectivity index (χ4n) is 3.11. The lowest BCUT2D eigenvalue weighted by molar-refractivity contribution is 0.631. The van der Waals surface area contributed by atoms with Gasteiger partial charge in [0.05, 0.1) is 0 Å². The molecule has 136 valence electrons. The maximum absolute atomic E-state index is 4.33. The van der Waals surface area contributed by atoms with E-state index in [1.807, 2.05) is 7.05 Å². The minimum Gasteiger partial charge on any atom is -0.355 e. The zero-order valence-corrected chi connectivity index (χ0v) is 17.4. The quantitative estimate of drug-likeness (QED) is 0.400. The number of aromatic nitrogens is 3. The molecule has 1 saturated carbocycles. The van der Waals surface area contributed by atoms with Gasteiger partial charge in [0.2, 0.25) is 0 Å². The Kier molecular flexibility index (Phi) is 7.22. The molecule has 0 bridgehead atoms. The third-order valence-electron chi connectivity index (χ3n) is 4.58. The number of guanidine groups is 1. The van der Waals surface area contributed by atoms with Gasteiger partial charge in [-0.1, -0.05) is 31.2 Å². The van der Waals surface area contributed by atoms with Crippen molar-refractivity contribution >= 4 is 29.9 Å². The topological polar surface area (TPSA) is 67.1 Å². The van der Waals surface area contributed by atoms with Gasteiger partial charge in [-0.15, -0.1) is 34.2 Å². The molecule has 1 aliphatic carbocycles. The van der Waals surface area contributed by atoms with E-state index in [0.717, 1.165) is 37.7 Å². The number of nitrogens with one attached hydrogen (secondary N) is 2. The van der Waals surface area contributed by atoms with E-state index in [9.17, 15) is 0 Å². The maximum Gasteiger partial charge on any atom is 0.191 e. The van der Waals surface area contributed by atoms with Gasteiger partial charge in [-0.3, -0.25) is 4.99 Å². The first-order valence-electron chi connectivity index (χ1n) is 8.62. The normalized spacial score (nSPS) is 19.2.